The van der Waals surface area contributed by atoms with E-state index in [0.717, 1.165) is 18.5 Å². The summed E-state index contributed by atoms with van der Waals surface area (Å²) in [5.41, 5.74) is 3.63. The first-order valence-corrected chi connectivity index (χ1v) is 9.25. The van der Waals surface area contributed by atoms with Crippen LogP contribution in [0.25, 0.3) is 22.4 Å². The second-order valence-electron chi connectivity index (χ2n) is 6.48. The molecule has 3 nitrogen and oxygen atoms in total. The Morgan fingerprint density at radius 2 is 1.43 bits per heavy atom. The lowest BCUT2D eigenvalue weighted by molar-refractivity contribution is 0.634. The molecule has 0 radical (unpaired) electrons. The van der Waals surface area contributed by atoms with Gasteiger partial charge in [-0.25, -0.2) is 9.37 Å². The van der Waals surface area contributed by atoms with Crippen molar-refractivity contribution in [3.8, 4) is 22.4 Å². The van der Waals surface area contributed by atoms with Gasteiger partial charge < -0.3 is 5.32 Å². The Morgan fingerprint density at radius 1 is 0.714 bits per heavy atom. The maximum atomic E-state index is 15.1. The number of hydrogen-bond donors (Lipinski definition) is 1. The lowest BCUT2D eigenvalue weighted by atomic mass is 10.0. The summed E-state index contributed by atoms with van der Waals surface area (Å²) >= 11 is 0. The fourth-order valence-corrected chi connectivity index (χ4v) is 3.11. The van der Waals surface area contributed by atoms with Crippen molar-refractivity contribution in [2.24, 2.45) is 0 Å². The van der Waals surface area contributed by atoms with E-state index in [9.17, 15) is 0 Å². The molecule has 4 rings (SSSR count). The van der Waals surface area contributed by atoms with Crippen LogP contribution in [0.5, 0.6) is 0 Å². The average Bonchev–Trinajstić information content (AvgIpc) is 2.76. The maximum absolute atomic E-state index is 15.1. The molecule has 1 aromatic heterocycles. The number of hydrogen-bond acceptors (Lipinski definition) is 3. The highest BCUT2D eigenvalue weighted by atomic mass is 19.1. The summed E-state index contributed by atoms with van der Waals surface area (Å²) in [6.07, 6.45) is 4.16. The van der Waals surface area contributed by atoms with E-state index in [4.69, 9.17) is 0 Å². The van der Waals surface area contributed by atoms with Crippen LogP contribution < -0.4 is 5.32 Å². The normalized spacial score (nSPS) is 10.6. The van der Waals surface area contributed by atoms with Gasteiger partial charge in [-0.2, -0.15) is 0 Å². The van der Waals surface area contributed by atoms with Gasteiger partial charge in [-0.3, -0.25) is 4.98 Å². The third kappa shape index (κ3) is 4.07. The van der Waals surface area contributed by atoms with Crippen molar-refractivity contribution >= 4 is 5.82 Å². The number of nitrogens with one attached hydrogen (secondary N) is 1. The Balaban J connectivity index is 1.48. The van der Waals surface area contributed by atoms with Crippen LogP contribution >= 0.6 is 0 Å². The van der Waals surface area contributed by atoms with E-state index < -0.39 is 0 Å². The molecular formula is C24H20FN3. The van der Waals surface area contributed by atoms with Crippen LogP contribution in [-0.2, 0) is 6.42 Å². The van der Waals surface area contributed by atoms with E-state index in [1.165, 1.54) is 5.56 Å². The Labute approximate surface area is 163 Å². The number of nitrogens with zero attached hydrogens (tertiary/aromatic N) is 2. The largest absolute Gasteiger partial charge is 0.368 e. The minimum Gasteiger partial charge on any atom is -0.368 e. The number of halogens is 1. The summed E-state index contributed by atoms with van der Waals surface area (Å²) in [6.45, 7) is 0.760. The molecule has 0 saturated carbocycles. The van der Waals surface area contributed by atoms with Crippen molar-refractivity contribution in [3.05, 3.63) is 103 Å². The lowest BCUT2D eigenvalue weighted by Gasteiger charge is -2.09. The summed E-state index contributed by atoms with van der Waals surface area (Å²) in [5.74, 6) is 0.395. The smallest absolute Gasteiger partial charge is 0.144 e. The Hall–Kier alpha value is -3.53. The summed E-state index contributed by atoms with van der Waals surface area (Å²) < 4.78 is 15.1. The summed E-state index contributed by atoms with van der Waals surface area (Å²) in [4.78, 5) is 8.79. The molecule has 0 amide bonds. The molecule has 138 valence electrons. The molecular weight excluding hydrogens is 349 g/mol. The van der Waals surface area contributed by atoms with Crippen LogP contribution in [0.1, 0.15) is 5.56 Å². The first-order chi connectivity index (χ1) is 13.8. The fourth-order valence-electron chi connectivity index (χ4n) is 3.11. The molecule has 1 N–H and O–H groups in total. The lowest BCUT2D eigenvalue weighted by Crippen LogP contribution is -2.06. The Morgan fingerprint density at radius 3 is 2.14 bits per heavy atom. The average molecular weight is 369 g/mol. The van der Waals surface area contributed by atoms with Gasteiger partial charge in [0.1, 0.15) is 11.6 Å². The zero-order chi connectivity index (χ0) is 19.2. The van der Waals surface area contributed by atoms with Crippen LogP contribution in [-0.4, -0.2) is 16.5 Å². The topological polar surface area (TPSA) is 37.8 Å². The van der Waals surface area contributed by atoms with Crippen molar-refractivity contribution in [3.63, 3.8) is 0 Å². The number of aromatic nitrogens is 2. The third-order valence-electron chi connectivity index (χ3n) is 4.57. The van der Waals surface area contributed by atoms with E-state index in [0.29, 0.717) is 22.6 Å². The van der Waals surface area contributed by atoms with Gasteiger partial charge >= 0.3 is 0 Å². The van der Waals surface area contributed by atoms with Crippen molar-refractivity contribution in [1.82, 2.24) is 9.97 Å². The van der Waals surface area contributed by atoms with E-state index in [2.05, 4.69) is 27.4 Å². The molecule has 4 heteroatoms. The van der Waals surface area contributed by atoms with Gasteiger partial charge in [0.2, 0.25) is 0 Å². The van der Waals surface area contributed by atoms with Gasteiger partial charge in [0, 0.05) is 17.7 Å². The zero-order valence-electron chi connectivity index (χ0n) is 15.3. The van der Waals surface area contributed by atoms with Crippen LogP contribution in [0.2, 0.25) is 0 Å². The van der Waals surface area contributed by atoms with Gasteiger partial charge in [-0.1, -0.05) is 72.8 Å². The van der Waals surface area contributed by atoms with Crippen LogP contribution in [0.3, 0.4) is 0 Å². The SMILES string of the molecule is Fc1c(-c2ccccc2)cccc1-c1cnc(NCCc2ccccc2)cn1. The first-order valence-electron chi connectivity index (χ1n) is 9.25. The number of rotatable bonds is 6. The Kier molecular flexibility index (Phi) is 5.38. The molecule has 0 aliphatic heterocycles. The summed E-state index contributed by atoms with van der Waals surface area (Å²) in [7, 11) is 0. The van der Waals surface area contributed by atoms with Gasteiger partial charge in [0.05, 0.1) is 18.1 Å². The van der Waals surface area contributed by atoms with Crippen LogP contribution in [0.4, 0.5) is 10.2 Å². The highest BCUT2D eigenvalue weighted by molar-refractivity contribution is 5.72. The highest BCUT2D eigenvalue weighted by Gasteiger charge is 2.12. The minimum atomic E-state index is -0.284. The molecule has 0 spiro atoms. The van der Waals surface area contributed by atoms with Crippen molar-refractivity contribution in [2.75, 3.05) is 11.9 Å². The summed E-state index contributed by atoms with van der Waals surface area (Å²) in [6, 6.07) is 25.1. The second-order valence-corrected chi connectivity index (χ2v) is 6.48. The van der Waals surface area contributed by atoms with Crippen LogP contribution in [0.15, 0.2) is 91.3 Å². The molecule has 0 atom stereocenters. The van der Waals surface area contributed by atoms with Crippen LogP contribution in [0, 0.1) is 5.82 Å². The second kappa shape index (κ2) is 8.44. The van der Waals surface area contributed by atoms with Crippen molar-refractivity contribution < 1.29 is 4.39 Å². The molecule has 0 bridgehead atoms. The van der Waals surface area contributed by atoms with Gasteiger partial charge in [0.25, 0.3) is 0 Å². The highest BCUT2D eigenvalue weighted by Crippen LogP contribution is 2.29. The third-order valence-corrected chi connectivity index (χ3v) is 4.57. The first kappa shape index (κ1) is 17.9. The van der Waals surface area contributed by atoms with E-state index >= 15 is 4.39 Å². The number of benzene rings is 3. The minimum absolute atomic E-state index is 0.284. The predicted octanol–water partition coefficient (Wildman–Crippen LogP) is 5.60. The van der Waals surface area contributed by atoms with E-state index in [-0.39, 0.29) is 5.82 Å². The summed E-state index contributed by atoms with van der Waals surface area (Å²) in [5, 5.41) is 3.26. The van der Waals surface area contributed by atoms with E-state index in [1.54, 1.807) is 24.5 Å². The van der Waals surface area contributed by atoms with Gasteiger partial charge in [-0.05, 0) is 23.6 Å². The van der Waals surface area contributed by atoms with Gasteiger partial charge in [-0.15, -0.1) is 0 Å². The molecule has 0 aliphatic carbocycles. The quantitative estimate of drug-likeness (QED) is 0.480. The fraction of sp³-hybridized carbons (Fsp3) is 0.0833. The Bertz CT molecular complexity index is 1030. The molecule has 0 aliphatic rings. The molecule has 4 aromatic rings. The predicted molar refractivity (Wildman–Crippen MR) is 111 cm³/mol. The van der Waals surface area contributed by atoms with E-state index in [1.807, 2.05) is 54.6 Å². The zero-order valence-corrected chi connectivity index (χ0v) is 15.3. The molecule has 0 saturated heterocycles. The molecule has 0 fully saturated rings. The molecule has 0 unspecified atom stereocenters. The monoisotopic (exact) mass is 369 g/mol. The molecule has 3 aromatic carbocycles. The standard InChI is InChI=1S/C24H20FN3/c25-24-20(19-10-5-2-6-11-19)12-7-13-21(24)22-16-28-23(17-27-22)26-15-14-18-8-3-1-4-9-18/h1-13,16-17H,14-15H2,(H,26,28). The molecule has 1 heterocycles. The molecule has 28 heavy (non-hydrogen) atoms. The van der Waals surface area contributed by atoms with Gasteiger partial charge in [0.15, 0.2) is 0 Å². The van der Waals surface area contributed by atoms with Crippen molar-refractivity contribution in [1.29, 1.82) is 0 Å². The number of anilines is 1. The van der Waals surface area contributed by atoms with Crippen molar-refractivity contribution in [2.45, 2.75) is 6.42 Å². The maximum Gasteiger partial charge on any atom is 0.144 e.